The van der Waals surface area contributed by atoms with Gasteiger partial charge in [-0.1, -0.05) is 12.1 Å². The van der Waals surface area contributed by atoms with E-state index in [2.05, 4.69) is 43.0 Å². The summed E-state index contributed by atoms with van der Waals surface area (Å²) in [6.07, 6.45) is 7.62. The predicted molar refractivity (Wildman–Crippen MR) is 142 cm³/mol. The van der Waals surface area contributed by atoms with Gasteiger partial charge in [0, 0.05) is 54.2 Å². The number of nitrogens with zero attached hydrogens (tertiary/aromatic N) is 5. The Morgan fingerprint density at radius 1 is 1.17 bits per heavy atom. The van der Waals surface area contributed by atoms with E-state index in [9.17, 15) is 8.42 Å². The molecule has 0 bridgehead atoms. The number of H-pyrrole nitrogens is 1. The average molecular weight is 520 g/mol. The molecule has 0 saturated heterocycles. The van der Waals surface area contributed by atoms with Crippen LogP contribution in [0.2, 0.25) is 0 Å². The second-order valence-corrected chi connectivity index (χ2v) is 12.1. The third-order valence-corrected chi connectivity index (χ3v) is 8.93. The zero-order chi connectivity index (χ0) is 24.9. The number of aromatic nitrogens is 5. The van der Waals surface area contributed by atoms with Crippen molar-refractivity contribution >= 4 is 44.0 Å². The topological polar surface area (TPSA) is 109 Å². The minimum atomic E-state index is -3.22. The summed E-state index contributed by atoms with van der Waals surface area (Å²) in [6, 6.07) is 12.2. The number of hydrogen-bond acceptors (Lipinski definition) is 7. The smallest absolute Gasteiger partial charge is 0.229 e. The molecule has 2 N–H and O–H groups in total. The molecule has 1 aromatic carbocycles. The van der Waals surface area contributed by atoms with Gasteiger partial charge in [-0.05, 0) is 48.7 Å². The third-order valence-electron chi connectivity index (χ3n) is 6.44. The Morgan fingerprint density at radius 2 is 2.00 bits per heavy atom. The van der Waals surface area contributed by atoms with E-state index in [0.717, 1.165) is 45.2 Å². The van der Waals surface area contributed by atoms with Crippen LogP contribution in [0.5, 0.6) is 0 Å². The quantitative estimate of drug-likeness (QED) is 0.346. The van der Waals surface area contributed by atoms with Crippen LogP contribution in [-0.2, 0) is 29.5 Å². The Bertz CT molecular complexity index is 1670. The van der Waals surface area contributed by atoms with E-state index in [1.807, 2.05) is 43.7 Å². The second kappa shape index (κ2) is 8.84. The summed E-state index contributed by atoms with van der Waals surface area (Å²) in [5.74, 6) is 1.49. The molecule has 0 spiro atoms. The Balaban J connectivity index is 1.28. The minimum Gasteiger partial charge on any atom is -0.346 e. The van der Waals surface area contributed by atoms with Crippen LogP contribution in [0.25, 0.3) is 21.6 Å². The van der Waals surface area contributed by atoms with E-state index < -0.39 is 10.0 Å². The molecular weight excluding hydrogens is 494 g/mol. The molecule has 5 aromatic rings. The van der Waals surface area contributed by atoms with E-state index in [0.29, 0.717) is 25.5 Å². The SMILES string of the molecule is Cc1nccn1Cc1ccc(Nc2nc(-c3cc4c(s3)CCN(S(C)(=O)=O)C4)c3cc[nH]c3n2)cc1. The van der Waals surface area contributed by atoms with Crippen molar-refractivity contribution in [1.29, 1.82) is 0 Å². The van der Waals surface area contributed by atoms with Gasteiger partial charge in [-0.2, -0.15) is 9.29 Å². The number of aryl methyl sites for hydroxylation is 1. The van der Waals surface area contributed by atoms with Crippen LogP contribution in [0.3, 0.4) is 0 Å². The van der Waals surface area contributed by atoms with Crippen molar-refractivity contribution in [2.24, 2.45) is 0 Å². The maximum atomic E-state index is 12.0. The molecule has 0 saturated carbocycles. The molecule has 1 aliphatic heterocycles. The van der Waals surface area contributed by atoms with Gasteiger partial charge in [0.15, 0.2) is 0 Å². The van der Waals surface area contributed by atoms with E-state index in [1.165, 1.54) is 21.0 Å². The number of rotatable bonds is 6. The van der Waals surface area contributed by atoms with Gasteiger partial charge in [0.2, 0.25) is 16.0 Å². The predicted octanol–water partition coefficient (Wildman–Crippen LogP) is 4.30. The van der Waals surface area contributed by atoms with Gasteiger partial charge in [0.1, 0.15) is 11.5 Å². The van der Waals surface area contributed by atoms with Crippen molar-refractivity contribution in [3.8, 4) is 10.6 Å². The molecule has 36 heavy (non-hydrogen) atoms. The maximum Gasteiger partial charge on any atom is 0.229 e. The van der Waals surface area contributed by atoms with E-state index in [4.69, 9.17) is 4.98 Å². The lowest BCUT2D eigenvalue weighted by Gasteiger charge is -2.24. The third kappa shape index (κ3) is 4.41. The van der Waals surface area contributed by atoms with Gasteiger partial charge >= 0.3 is 0 Å². The van der Waals surface area contributed by atoms with Gasteiger partial charge in [-0.3, -0.25) is 0 Å². The number of benzene rings is 1. The summed E-state index contributed by atoms with van der Waals surface area (Å²) < 4.78 is 27.7. The highest BCUT2D eigenvalue weighted by atomic mass is 32.2. The van der Waals surface area contributed by atoms with Crippen molar-refractivity contribution < 1.29 is 8.42 Å². The lowest BCUT2D eigenvalue weighted by molar-refractivity contribution is 0.398. The fourth-order valence-corrected chi connectivity index (χ4v) is 6.45. The molecule has 0 radical (unpaired) electrons. The largest absolute Gasteiger partial charge is 0.346 e. The summed E-state index contributed by atoms with van der Waals surface area (Å²) >= 11 is 1.68. The van der Waals surface area contributed by atoms with Crippen molar-refractivity contribution in [3.63, 3.8) is 0 Å². The van der Waals surface area contributed by atoms with Gasteiger partial charge < -0.3 is 14.9 Å². The van der Waals surface area contributed by atoms with Crippen LogP contribution in [0.1, 0.15) is 21.8 Å². The normalized spacial score (nSPS) is 14.3. The number of fused-ring (bicyclic) bond motifs is 2. The zero-order valence-electron chi connectivity index (χ0n) is 19.9. The molecule has 0 aliphatic carbocycles. The van der Waals surface area contributed by atoms with Crippen molar-refractivity contribution in [3.05, 3.63) is 76.8 Å². The number of imidazole rings is 1. The van der Waals surface area contributed by atoms with E-state index in [1.54, 1.807) is 11.3 Å². The van der Waals surface area contributed by atoms with Crippen LogP contribution in [0, 0.1) is 6.92 Å². The molecule has 5 heterocycles. The Hall–Kier alpha value is -3.54. The number of thiophene rings is 1. The van der Waals surface area contributed by atoms with Crippen molar-refractivity contribution in [1.82, 2.24) is 28.8 Å². The fraction of sp³-hybridized carbons (Fsp3) is 0.240. The van der Waals surface area contributed by atoms with Crippen LogP contribution < -0.4 is 5.32 Å². The van der Waals surface area contributed by atoms with Crippen LogP contribution in [0.15, 0.2) is 55.0 Å². The van der Waals surface area contributed by atoms with Crippen molar-refractivity contribution in [2.45, 2.75) is 26.4 Å². The first-order valence-electron chi connectivity index (χ1n) is 11.6. The summed E-state index contributed by atoms with van der Waals surface area (Å²) in [5, 5.41) is 4.27. The maximum absolute atomic E-state index is 12.0. The highest BCUT2D eigenvalue weighted by Crippen LogP contribution is 2.37. The Morgan fingerprint density at radius 3 is 2.75 bits per heavy atom. The summed E-state index contributed by atoms with van der Waals surface area (Å²) in [7, 11) is -3.22. The van der Waals surface area contributed by atoms with Crippen LogP contribution in [0.4, 0.5) is 11.6 Å². The lowest BCUT2D eigenvalue weighted by atomic mass is 10.1. The molecule has 0 unspecified atom stereocenters. The second-order valence-electron chi connectivity index (χ2n) is 8.97. The molecule has 1 aliphatic rings. The summed E-state index contributed by atoms with van der Waals surface area (Å²) in [6.45, 7) is 3.68. The highest BCUT2D eigenvalue weighted by molar-refractivity contribution is 7.88. The Labute approximate surface area is 212 Å². The molecule has 0 amide bonds. The molecule has 11 heteroatoms. The molecule has 184 valence electrons. The number of anilines is 2. The summed E-state index contributed by atoms with van der Waals surface area (Å²) in [5.41, 5.74) is 4.70. The Kier molecular flexibility index (Phi) is 5.62. The first-order chi connectivity index (χ1) is 17.3. The van der Waals surface area contributed by atoms with Crippen molar-refractivity contribution in [2.75, 3.05) is 18.1 Å². The first-order valence-corrected chi connectivity index (χ1v) is 14.3. The van der Waals surface area contributed by atoms with Gasteiger partial charge in [-0.15, -0.1) is 11.3 Å². The minimum absolute atomic E-state index is 0.405. The van der Waals surface area contributed by atoms with Gasteiger partial charge in [0.05, 0.1) is 16.8 Å². The first kappa shape index (κ1) is 22.9. The van der Waals surface area contributed by atoms with E-state index in [-0.39, 0.29) is 0 Å². The molecule has 9 nitrogen and oxygen atoms in total. The lowest BCUT2D eigenvalue weighted by Crippen LogP contribution is -2.34. The molecule has 0 fully saturated rings. The van der Waals surface area contributed by atoms with Gasteiger partial charge in [-0.25, -0.2) is 18.4 Å². The standard InChI is InChI=1S/C25H25N7O2S2/c1-16-26-10-12-31(16)14-17-3-5-19(6-4-17)28-25-29-23(20-7-9-27-24(20)30-25)22-13-18-15-32(36(2,33)34)11-8-21(18)35-22/h3-7,9-10,12-13H,8,11,14-15H2,1-2H3,(H2,27,28,29,30). The molecule has 4 aromatic heterocycles. The highest BCUT2D eigenvalue weighted by Gasteiger charge is 2.26. The van der Waals surface area contributed by atoms with E-state index >= 15 is 0 Å². The van der Waals surface area contributed by atoms with Crippen LogP contribution in [-0.4, -0.2) is 50.0 Å². The summed E-state index contributed by atoms with van der Waals surface area (Å²) in [4.78, 5) is 19.2. The van der Waals surface area contributed by atoms with Gasteiger partial charge in [0.25, 0.3) is 0 Å². The van der Waals surface area contributed by atoms with Crippen LogP contribution >= 0.6 is 11.3 Å². The number of aromatic amines is 1. The zero-order valence-corrected chi connectivity index (χ0v) is 21.5. The molecule has 0 atom stereocenters. The monoisotopic (exact) mass is 519 g/mol. The molecule has 6 rings (SSSR count). The number of nitrogens with one attached hydrogen (secondary N) is 2. The average Bonchev–Trinajstić information content (AvgIpc) is 3.58. The fourth-order valence-electron chi connectivity index (χ4n) is 4.48. The number of hydrogen-bond donors (Lipinski definition) is 2. The molecular formula is C25H25N7O2S2. The number of sulfonamides is 1.